The van der Waals surface area contributed by atoms with Crippen LogP contribution in [0, 0.1) is 11.3 Å². The monoisotopic (exact) mass is 486 g/mol. The molecule has 3 atom stereocenters. The van der Waals surface area contributed by atoms with E-state index in [1.807, 2.05) is 10.8 Å². The molecule has 2 N–H and O–H groups in total. The van der Waals surface area contributed by atoms with E-state index in [0.29, 0.717) is 30.4 Å². The lowest BCUT2D eigenvalue weighted by atomic mass is 9.71. The third-order valence-electron chi connectivity index (χ3n) is 6.67. The van der Waals surface area contributed by atoms with Crippen molar-refractivity contribution in [1.29, 1.82) is 0 Å². The van der Waals surface area contributed by atoms with Crippen LogP contribution in [0.25, 0.3) is 0 Å². The fraction of sp³-hybridized carbons (Fsp3) is 0.600. The lowest BCUT2D eigenvalue weighted by molar-refractivity contribution is 0.0796. The second kappa shape index (κ2) is 9.09. The number of imidazole rings is 1. The Morgan fingerprint density at radius 3 is 2.90 bits per heavy atom. The van der Waals surface area contributed by atoms with Gasteiger partial charge in [-0.3, -0.25) is 0 Å². The van der Waals surface area contributed by atoms with E-state index in [9.17, 15) is 18.3 Å². The van der Waals surface area contributed by atoms with Crippen molar-refractivity contribution in [2.75, 3.05) is 13.1 Å². The number of sulfonamides is 1. The Morgan fingerprint density at radius 1 is 1.39 bits per heavy atom. The molecule has 0 radical (unpaired) electrons. The molecule has 2 saturated carbocycles. The van der Waals surface area contributed by atoms with E-state index < -0.39 is 16.1 Å². The quantitative estimate of drug-likeness (QED) is 0.559. The summed E-state index contributed by atoms with van der Waals surface area (Å²) in [5, 5.41) is 9.84. The Morgan fingerprint density at radius 2 is 2.23 bits per heavy atom. The number of hydrogen-bond acceptors (Lipinski definition) is 5. The van der Waals surface area contributed by atoms with Crippen molar-refractivity contribution in [3.8, 4) is 0 Å². The van der Waals surface area contributed by atoms with Crippen molar-refractivity contribution in [2.24, 2.45) is 11.3 Å². The lowest BCUT2D eigenvalue weighted by Crippen LogP contribution is -2.54. The number of carbonyl (C=O) groups is 1. The number of nitrogens with one attached hydrogen (secondary N) is 1. The van der Waals surface area contributed by atoms with Gasteiger partial charge in [0.1, 0.15) is 4.21 Å². The largest absolute Gasteiger partial charge is 0.465 e. The summed E-state index contributed by atoms with van der Waals surface area (Å²) in [7, 11) is -3.70. The minimum Gasteiger partial charge on any atom is -0.465 e. The fourth-order valence-corrected chi connectivity index (χ4v) is 8.14. The first-order valence-corrected chi connectivity index (χ1v) is 13.2. The predicted molar refractivity (Wildman–Crippen MR) is 119 cm³/mol. The molecular formula is C20H27ClN4O4S2. The fourth-order valence-electron chi connectivity index (χ4n) is 5.23. The average Bonchev–Trinajstić information content (AvgIpc) is 3.42. The zero-order valence-electron chi connectivity index (χ0n) is 17.1. The van der Waals surface area contributed by atoms with E-state index in [0.717, 1.165) is 43.4 Å². The van der Waals surface area contributed by atoms with Crippen molar-refractivity contribution in [1.82, 2.24) is 19.2 Å². The molecule has 2 bridgehead atoms. The van der Waals surface area contributed by atoms with Crippen molar-refractivity contribution in [2.45, 2.75) is 55.3 Å². The van der Waals surface area contributed by atoms with Crippen LogP contribution in [0.15, 0.2) is 35.1 Å². The van der Waals surface area contributed by atoms with E-state index in [1.54, 1.807) is 18.6 Å². The third-order valence-corrected chi connectivity index (χ3v) is 9.83. The second-order valence-corrected chi connectivity index (χ2v) is 12.2. The van der Waals surface area contributed by atoms with Gasteiger partial charge < -0.3 is 14.6 Å². The van der Waals surface area contributed by atoms with Gasteiger partial charge in [0.05, 0.1) is 10.7 Å². The molecule has 2 aliphatic rings. The first kappa shape index (κ1) is 22.6. The Balaban J connectivity index is 1.49. The number of aryl methyl sites for hydroxylation is 1. The maximum Gasteiger partial charge on any atom is 0.407 e. The van der Waals surface area contributed by atoms with Gasteiger partial charge in [0.2, 0.25) is 10.0 Å². The van der Waals surface area contributed by atoms with Crippen LogP contribution in [-0.2, 0) is 16.6 Å². The molecule has 2 aromatic rings. The highest BCUT2D eigenvalue weighted by Gasteiger charge is 2.53. The molecule has 11 heteroatoms. The Hall–Kier alpha value is -1.62. The minimum absolute atomic E-state index is 0.202. The highest BCUT2D eigenvalue weighted by Crippen LogP contribution is 2.52. The van der Waals surface area contributed by atoms with Crippen molar-refractivity contribution < 1.29 is 18.3 Å². The summed E-state index contributed by atoms with van der Waals surface area (Å²) in [5.74, 6) is 0.237. The molecule has 0 spiro atoms. The molecule has 31 heavy (non-hydrogen) atoms. The number of nitrogens with zero attached hydrogens (tertiary/aromatic N) is 3. The van der Waals surface area contributed by atoms with Crippen molar-refractivity contribution in [3.05, 3.63) is 35.2 Å². The molecule has 170 valence electrons. The standard InChI is InChI=1S/C20H27ClN4O4S2/c21-16-4-5-17(30-16)31(28,29)23-18-15-3-1-7-20(18,8-6-15)13-25(19(26)27)11-2-10-24-12-9-22-14-24/h4-5,9,12,14-15,18,23H,1-3,6-8,10-11,13H2,(H,26,27)/t15-,18-,20-/m0/s1. The SMILES string of the molecule is O=C(O)N(CCCn1ccnc1)C[C@]12CCC[C@@H](CC1)[C@@H]2NS(=O)(=O)c1ccc(Cl)s1. The zero-order chi connectivity index (χ0) is 22.1. The van der Waals surface area contributed by atoms with E-state index in [2.05, 4.69) is 9.71 Å². The van der Waals surface area contributed by atoms with Crippen LogP contribution in [0.2, 0.25) is 4.34 Å². The number of thiophene rings is 1. The molecule has 8 nitrogen and oxygen atoms in total. The summed E-state index contributed by atoms with van der Waals surface area (Å²) >= 11 is 6.98. The highest BCUT2D eigenvalue weighted by atomic mass is 35.5. The van der Waals surface area contributed by atoms with Crippen molar-refractivity contribution >= 4 is 39.1 Å². The molecule has 1 amide bonds. The number of carboxylic acid groups (broad SMARTS) is 1. The Kier molecular flexibility index (Phi) is 6.62. The lowest BCUT2D eigenvalue weighted by Gasteiger charge is -2.43. The number of hydrogen-bond donors (Lipinski definition) is 2. The summed E-state index contributed by atoms with van der Waals surface area (Å²) in [4.78, 5) is 17.5. The van der Waals surface area contributed by atoms with Crippen LogP contribution >= 0.6 is 22.9 Å². The van der Waals surface area contributed by atoms with Crippen LogP contribution in [0.4, 0.5) is 4.79 Å². The van der Waals surface area contributed by atoms with E-state index in [-0.39, 0.29) is 21.6 Å². The molecule has 2 aromatic heterocycles. The molecule has 0 aromatic carbocycles. The topological polar surface area (TPSA) is 105 Å². The van der Waals surface area contributed by atoms with E-state index >= 15 is 0 Å². The second-order valence-electron chi connectivity index (χ2n) is 8.57. The number of amides is 1. The van der Waals surface area contributed by atoms with E-state index in [1.165, 1.54) is 11.0 Å². The summed E-state index contributed by atoms with van der Waals surface area (Å²) in [6, 6.07) is 2.84. The van der Waals surface area contributed by atoms with Crippen molar-refractivity contribution in [3.63, 3.8) is 0 Å². The highest BCUT2D eigenvalue weighted by molar-refractivity contribution is 7.91. The van der Waals surface area contributed by atoms with Gasteiger partial charge in [0, 0.05) is 43.5 Å². The molecular weight excluding hydrogens is 460 g/mol. The molecule has 2 heterocycles. The molecule has 2 aliphatic carbocycles. The van der Waals surface area contributed by atoms with E-state index in [4.69, 9.17) is 11.6 Å². The van der Waals surface area contributed by atoms with Gasteiger partial charge in [-0.05, 0) is 50.2 Å². The first-order valence-electron chi connectivity index (χ1n) is 10.5. The summed E-state index contributed by atoms with van der Waals surface area (Å²) in [6.45, 7) is 1.44. The van der Waals surface area contributed by atoms with Crippen LogP contribution in [0.1, 0.15) is 38.5 Å². The molecule has 2 fully saturated rings. The summed E-state index contributed by atoms with van der Waals surface area (Å²) in [6.07, 6.45) is 9.53. The van der Waals surface area contributed by atoms with Gasteiger partial charge in [-0.25, -0.2) is 22.9 Å². The average molecular weight is 487 g/mol. The molecule has 0 unspecified atom stereocenters. The van der Waals surface area contributed by atoms with Gasteiger partial charge >= 0.3 is 6.09 Å². The molecule has 0 saturated heterocycles. The normalized spacial score (nSPS) is 25.6. The van der Waals surface area contributed by atoms with Crippen LogP contribution in [0.3, 0.4) is 0 Å². The van der Waals surface area contributed by atoms with Gasteiger partial charge in [-0.1, -0.05) is 18.0 Å². The number of rotatable bonds is 9. The van der Waals surface area contributed by atoms with Gasteiger partial charge in [0.15, 0.2) is 0 Å². The number of aromatic nitrogens is 2. The van der Waals surface area contributed by atoms with Crippen LogP contribution < -0.4 is 4.72 Å². The number of halogens is 1. The van der Waals surface area contributed by atoms with Gasteiger partial charge in [-0.2, -0.15) is 0 Å². The smallest absolute Gasteiger partial charge is 0.407 e. The Labute approximate surface area is 191 Å². The zero-order valence-corrected chi connectivity index (χ0v) is 19.5. The van der Waals surface area contributed by atoms with Crippen LogP contribution in [0.5, 0.6) is 0 Å². The third kappa shape index (κ3) is 4.92. The maximum atomic E-state index is 13.0. The Bertz CT molecular complexity index is 1010. The molecule has 0 aliphatic heterocycles. The summed E-state index contributed by atoms with van der Waals surface area (Å²) in [5.41, 5.74) is -0.371. The first-order chi connectivity index (χ1) is 14.8. The predicted octanol–water partition coefficient (Wildman–Crippen LogP) is 3.90. The number of fused-ring (bicyclic) bond motifs is 2. The molecule has 4 rings (SSSR count). The minimum atomic E-state index is -3.70. The van der Waals surface area contributed by atoms with Gasteiger partial charge in [0.25, 0.3) is 0 Å². The maximum absolute atomic E-state index is 13.0. The van der Waals surface area contributed by atoms with Crippen LogP contribution in [-0.4, -0.2) is 53.2 Å². The van der Waals surface area contributed by atoms with Gasteiger partial charge in [-0.15, -0.1) is 11.3 Å². The summed E-state index contributed by atoms with van der Waals surface area (Å²) < 4.78 is 31.5.